The van der Waals surface area contributed by atoms with E-state index in [4.69, 9.17) is 5.53 Å². The summed E-state index contributed by atoms with van der Waals surface area (Å²) in [6, 6.07) is 12.0. The van der Waals surface area contributed by atoms with Crippen molar-refractivity contribution in [2.45, 2.75) is 4.90 Å². The van der Waals surface area contributed by atoms with Crippen molar-refractivity contribution in [1.29, 1.82) is 0 Å². The third-order valence-electron chi connectivity index (χ3n) is 2.90. The Morgan fingerprint density at radius 3 is 2.42 bits per heavy atom. The molecule has 2 aromatic rings. The van der Waals surface area contributed by atoms with Gasteiger partial charge in [0.15, 0.2) is 5.78 Å². The van der Waals surface area contributed by atoms with Gasteiger partial charge in [0, 0.05) is 16.2 Å². The number of benzene rings is 2. The molecule has 0 fully saturated rings. The molecule has 0 radical (unpaired) electrons. The maximum Gasteiger partial charge on any atom is 1.00 e. The maximum absolute atomic E-state index is 12.0. The van der Waals surface area contributed by atoms with Gasteiger partial charge >= 0.3 is 29.6 Å². The number of azide groups is 1. The maximum atomic E-state index is 12.0. The standard InChI is InChI=1S/C15H11N3O4S.Na/c16-18-17-13-8-6-12(15(10-13)23(20,21)22)7-9-14(19)11-4-2-1-3-5-11;/h1-10H,(H,20,21,22);/q;+1/p-1. The first kappa shape index (κ1) is 20.1. The molecular formula is C15H10N3NaO4S. The fourth-order valence-corrected chi connectivity index (χ4v) is 2.55. The molecule has 2 rings (SSSR count). The molecule has 0 heterocycles. The van der Waals surface area contributed by atoms with E-state index in [2.05, 4.69) is 10.0 Å². The van der Waals surface area contributed by atoms with E-state index >= 15 is 0 Å². The second kappa shape index (κ2) is 8.79. The van der Waals surface area contributed by atoms with E-state index in [1.165, 1.54) is 24.3 Å². The molecule has 24 heavy (non-hydrogen) atoms. The molecule has 0 N–H and O–H groups in total. The van der Waals surface area contributed by atoms with Crippen molar-refractivity contribution in [3.05, 3.63) is 76.2 Å². The Bertz CT molecular complexity index is 921. The number of nitrogens with zero attached hydrogens (tertiary/aromatic N) is 3. The molecule has 2 aromatic carbocycles. The van der Waals surface area contributed by atoms with Crippen LogP contribution in [0.1, 0.15) is 15.9 Å². The predicted molar refractivity (Wildman–Crippen MR) is 83.0 cm³/mol. The molecule has 0 aliphatic heterocycles. The molecule has 0 aliphatic carbocycles. The minimum Gasteiger partial charge on any atom is -0.744 e. The largest absolute Gasteiger partial charge is 1.00 e. The fourth-order valence-electron chi connectivity index (χ4n) is 1.86. The van der Waals surface area contributed by atoms with Crippen LogP contribution in [0.2, 0.25) is 0 Å². The van der Waals surface area contributed by atoms with Gasteiger partial charge in [-0.2, -0.15) is 0 Å². The van der Waals surface area contributed by atoms with Crippen molar-refractivity contribution in [2.75, 3.05) is 0 Å². The van der Waals surface area contributed by atoms with Gasteiger partial charge < -0.3 is 4.55 Å². The van der Waals surface area contributed by atoms with Crippen LogP contribution in [-0.4, -0.2) is 18.8 Å². The molecule has 0 spiro atoms. The monoisotopic (exact) mass is 351 g/mol. The van der Waals surface area contributed by atoms with Crippen LogP contribution in [0.4, 0.5) is 5.69 Å². The summed E-state index contributed by atoms with van der Waals surface area (Å²) in [5, 5.41) is 3.25. The molecule has 9 heteroatoms. The number of carbonyl (C=O) groups excluding carboxylic acids is 1. The summed E-state index contributed by atoms with van der Waals surface area (Å²) in [5.74, 6) is -0.334. The zero-order valence-corrected chi connectivity index (χ0v) is 15.5. The summed E-state index contributed by atoms with van der Waals surface area (Å²) < 4.78 is 33.9. The second-order valence-corrected chi connectivity index (χ2v) is 5.78. The molecule has 0 bridgehead atoms. The van der Waals surface area contributed by atoms with Gasteiger partial charge in [0.05, 0.1) is 4.90 Å². The minimum absolute atomic E-state index is 0. The van der Waals surface area contributed by atoms with Crippen molar-refractivity contribution < 1.29 is 47.3 Å². The number of hydrogen-bond donors (Lipinski definition) is 0. The van der Waals surface area contributed by atoms with Crippen LogP contribution in [0, 0.1) is 0 Å². The van der Waals surface area contributed by atoms with Crippen LogP contribution in [0.3, 0.4) is 0 Å². The van der Waals surface area contributed by atoms with Gasteiger partial charge in [0.2, 0.25) is 0 Å². The van der Waals surface area contributed by atoms with Crippen LogP contribution >= 0.6 is 0 Å². The number of rotatable bonds is 5. The average Bonchev–Trinajstić information content (AvgIpc) is 2.53. The Kier molecular flexibility index (Phi) is 7.37. The molecule has 0 atom stereocenters. The van der Waals surface area contributed by atoms with Gasteiger partial charge in [0.1, 0.15) is 10.1 Å². The van der Waals surface area contributed by atoms with Crippen molar-refractivity contribution in [1.82, 2.24) is 0 Å². The summed E-state index contributed by atoms with van der Waals surface area (Å²) in [4.78, 5) is 13.9. The number of ketones is 1. The quantitative estimate of drug-likeness (QED) is 0.147. The van der Waals surface area contributed by atoms with Gasteiger partial charge in [-0.1, -0.05) is 47.6 Å². The molecule has 116 valence electrons. The molecular weight excluding hydrogens is 341 g/mol. The van der Waals surface area contributed by atoms with Crippen LogP contribution in [0.25, 0.3) is 16.5 Å². The zero-order valence-electron chi connectivity index (χ0n) is 12.7. The normalized spacial score (nSPS) is 10.7. The van der Waals surface area contributed by atoms with Crippen LogP contribution in [-0.2, 0) is 10.1 Å². The van der Waals surface area contributed by atoms with Gasteiger partial charge in [0.25, 0.3) is 0 Å². The Labute approximate surface area is 160 Å². The topological polar surface area (TPSA) is 123 Å². The predicted octanol–water partition coefficient (Wildman–Crippen LogP) is 0.433. The van der Waals surface area contributed by atoms with Crippen molar-refractivity contribution in [3.63, 3.8) is 0 Å². The third kappa shape index (κ3) is 5.31. The van der Waals surface area contributed by atoms with Gasteiger partial charge in [-0.05, 0) is 29.3 Å². The summed E-state index contributed by atoms with van der Waals surface area (Å²) in [5.41, 5.74) is 8.83. The molecule has 0 saturated carbocycles. The smallest absolute Gasteiger partial charge is 0.744 e. The Hall–Kier alpha value is -1.93. The Morgan fingerprint density at radius 2 is 1.83 bits per heavy atom. The van der Waals surface area contributed by atoms with Crippen molar-refractivity contribution >= 4 is 27.7 Å². The fraction of sp³-hybridized carbons (Fsp3) is 0. The minimum atomic E-state index is -4.78. The van der Waals surface area contributed by atoms with Crippen LogP contribution in [0.5, 0.6) is 0 Å². The third-order valence-corrected chi connectivity index (χ3v) is 3.79. The summed E-state index contributed by atoms with van der Waals surface area (Å²) in [6.07, 6.45) is 2.41. The zero-order chi connectivity index (χ0) is 16.9. The van der Waals surface area contributed by atoms with E-state index in [0.717, 1.165) is 6.07 Å². The average molecular weight is 351 g/mol. The molecule has 0 aliphatic rings. The van der Waals surface area contributed by atoms with E-state index < -0.39 is 15.0 Å². The molecule has 0 unspecified atom stereocenters. The van der Waals surface area contributed by atoms with E-state index in [1.54, 1.807) is 30.3 Å². The summed E-state index contributed by atoms with van der Waals surface area (Å²) >= 11 is 0. The van der Waals surface area contributed by atoms with Gasteiger partial charge in [-0.25, -0.2) is 8.42 Å². The Balaban J connectivity index is 0.00000288. The first-order chi connectivity index (χ1) is 10.9. The van der Waals surface area contributed by atoms with E-state index in [1.807, 2.05) is 0 Å². The number of allylic oxidation sites excluding steroid dienone is 1. The SMILES string of the molecule is [N-]=[N+]=Nc1ccc(C=CC(=O)c2ccccc2)c(S(=O)(=O)[O-])c1.[Na+]. The van der Waals surface area contributed by atoms with Gasteiger partial charge in [-0.15, -0.1) is 0 Å². The van der Waals surface area contributed by atoms with Crippen LogP contribution < -0.4 is 29.6 Å². The van der Waals surface area contributed by atoms with Crippen LogP contribution in [0.15, 0.2) is 64.6 Å². The van der Waals surface area contributed by atoms with Gasteiger partial charge in [-0.3, -0.25) is 4.79 Å². The van der Waals surface area contributed by atoms with Crippen molar-refractivity contribution in [2.24, 2.45) is 5.11 Å². The van der Waals surface area contributed by atoms with E-state index in [-0.39, 0.29) is 46.6 Å². The first-order valence-corrected chi connectivity index (χ1v) is 7.75. The molecule has 0 aromatic heterocycles. The molecule has 7 nitrogen and oxygen atoms in total. The summed E-state index contributed by atoms with van der Waals surface area (Å²) in [7, 11) is -4.78. The Morgan fingerprint density at radius 1 is 1.17 bits per heavy atom. The van der Waals surface area contributed by atoms with E-state index in [0.29, 0.717) is 5.56 Å². The first-order valence-electron chi connectivity index (χ1n) is 6.34. The number of hydrogen-bond acceptors (Lipinski definition) is 5. The van der Waals surface area contributed by atoms with E-state index in [9.17, 15) is 17.8 Å². The number of carbonyl (C=O) groups is 1. The van der Waals surface area contributed by atoms with Crippen molar-refractivity contribution in [3.8, 4) is 0 Å². The summed E-state index contributed by atoms with van der Waals surface area (Å²) in [6.45, 7) is 0. The second-order valence-electron chi connectivity index (χ2n) is 4.43. The molecule has 0 saturated heterocycles. The molecule has 0 amide bonds.